The van der Waals surface area contributed by atoms with E-state index in [4.69, 9.17) is 0 Å². The summed E-state index contributed by atoms with van der Waals surface area (Å²) in [6.07, 6.45) is 1.92. The maximum absolute atomic E-state index is 4.48. The summed E-state index contributed by atoms with van der Waals surface area (Å²) in [6, 6.07) is 10.5. The predicted molar refractivity (Wildman–Crippen MR) is 70.8 cm³/mol. The summed E-state index contributed by atoms with van der Waals surface area (Å²) in [5, 5.41) is 4.48. The molecular weight excluding hydrogens is 196 g/mol. The molecule has 2 heteroatoms. The zero-order chi connectivity index (χ0) is 12.0. The van der Waals surface area contributed by atoms with E-state index in [0.29, 0.717) is 0 Å². The largest absolute Gasteiger partial charge is 0.305 e. The molecule has 2 nitrogen and oxygen atoms in total. The second-order valence-electron chi connectivity index (χ2n) is 5.06. The van der Waals surface area contributed by atoms with Crippen LogP contribution in [0.25, 0.3) is 0 Å². The lowest BCUT2D eigenvalue weighted by molar-refractivity contribution is 0.440. The van der Waals surface area contributed by atoms with E-state index in [-0.39, 0.29) is 5.54 Å². The first-order valence-corrected chi connectivity index (χ1v) is 5.88. The van der Waals surface area contributed by atoms with Crippen molar-refractivity contribution in [3.8, 4) is 0 Å². The van der Waals surface area contributed by atoms with Gasteiger partial charge in [-0.15, -0.1) is 0 Å². The maximum Gasteiger partial charge on any atom is 0.0464 e. The van der Waals surface area contributed by atoms with Gasteiger partial charge in [-0.2, -0.15) is 5.10 Å². The summed E-state index contributed by atoms with van der Waals surface area (Å²) < 4.78 is 0. The molecule has 0 saturated carbocycles. The molecule has 16 heavy (non-hydrogen) atoms. The van der Waals surface area contributed by atoms with Gasteiger partial charge in [-0.25, -0.2) is 0 Å². The van der Waals surface area contributed by atoms with Gasteiger partial charge in [0.05, 0.1) is 0 Å². The van der Waals surface area contributed by atoms with Crippen molar-refractivity contribution in [3.05, 3.63) is 35.9 Å². The van der Waals surface area contributed by atoms with E-state index in [2.05, 4.69) is 62.5 Å². The summed E-state index contributed by atoms with van der Waals surface area (Å²) in [5.41, 5.74) is 5.73. The van der Waals surface area contributed by atoms with Crippen molar-refractivity contribution in [1.29, 1.82) is 0 Å². The molecular formula is C14H22N2. The molecule has 0 atom stereocenters. The van der Waals surface area contributed by atoms with Crippen molar-refractivity contribution < 1.29 is 0 Å². The molecule has 1 aromatic rings. The molecule has 0 unspecified atom stereocenters. The Labute approximate surface area is 98.8 Å². The average molecular weight is 218 g/mol. The first-order valence-electron chi connectivity index (χ1n) is 5.88. The van der Waals surface area contributed by atoms with Crippen LogP contribution in [-0.4, -0.2) is 11.3 Å². The SMILES string of the molecule is CCC(Cc1ccccc1)=NNC(C)(C)C. The van der Waals surface area contributed by atoms with Crippen molar-refractivity contribution in [1.82, 2.24) is 5.43 Å². The molecule has 1 rings (SSSR count). The lowest BCUT2D eigenvalue weighted by Gasteiger charge is -2.18. The summed E-state index contributed by atoms with van der Waals surface area (Å²) >= 11 is 0. The van der Waals surface area contributed by atoms with Crippen LogP contribution in [0.4, 0.5) is 0 Å². The number of rotatable bonds is 4. The molecule has 0 spiro atoms. The Morgan fingerprint density at radius 1 is 1.19 bits per heavy atom. The molecule has 0 aliphatic rings. The van der Waals surface area contributed by atoms with Gasteiger partial charge in [-0.1, -0.05) is 37.3 Å². The molecule has 0 amide bonds. The van der Waals surface area contributed by atoms with Gasteiger partial charge in [0, 0.05) is 17.7 Å². The maximum atomic E-state index is 4.48. The highest BCUT2D eigenvalue weighted by Crippen LogP contribution is 2.04. The third kappa shape index (κ3) is 4.96. The van der Waals surface area contributed by atoms with Gasteiger partial charge in [0.25, 0.3) is 0 Å². The zero-order valence-electron chi connectivity index (χ0n) is 10.7. The van der Waals surface area contributed by atoms with Gasteiger partial charge in [0.2, 0.25) is 0 Å². The van der Waals surface area contributed by atoms with E-state index in [0.717, 1.165) is 12.8 Å². The van der Waals surface area contributed by atoms with Crippen LogP contribution in [0.2, 0.25) is 0 Å². The van der Waals surface area contributed by atoms with E-state index in [1.165, 1.54) is 11.3 Å². The van der Waals surface area contributed by atoms with Crippen LogP contribution >= 0.6 is 0 Å². The third-order valence-electron chi connectivity index (χ3n) is 2.21. The molecule has 0 aromatic heterocycles. The molecule has 0 fully saturated rings. The third-order valence-corrected chi connectivity index (χ3v) is 2.21. The molecule has 0 radical (unpaired) electrons. The first kappa shape index (κ1) is 12.8. The second kappa shape index (κ2) is 5.69. The number of benzene rings is 1. The van der Waals surface area contributed by atoms with Crippen LogP contribution in [0.1, 0.15) is 39.7 Å². The second-order valence-corrected chi connectivity index (χ2v) is 5.06. The lowest BCUT2D eigenvalue weighted by Crippen LogP contribution is -2.32. The van der Waals surface area contributed by atoms with E-state index in [1.807, 2.05) is 6.07 Å². The van der Waals surface area contributed by atoms with Gasteiger partial charge < -0.3 is 5.43 Å². The van der Waals surface area contributed by atoms with Crippen LogP contribution in [0.3, 0.4) is 0 Å². The Kier molecular flexibility index (Phi) is 4.53. The Bertz CT molecular complexity index is 334. The van der Waals surface area contributed by atoms with Gasteiger partial charge >= 0.3 is 0 Å². The minimum Gasteiger partial charge on any atom is -0.305 e. The molecule has 0 bridgehead atoms. The molecule has 0 aliphatic heterocycles. The predicted octanol–water partition coefficient (Wildman–Crippen LogP) is 3.38. The van der Waals surface area contributed by atoms with Crippen LogP contribution < -0.4 is 5.43 Å². The van der Waals surface area contributed by atoms with Gasteiger partial charge in [-0.05, 0) is 32.8 Å². The molecule has 88 valence electrons. The summed E-state index contributed by atoms with van der Waals surface area (Å²) in [6.45, 7) is 8.50. The fourth-order valence-electron chi connectivity index (χ4n) is 1.32. The highest BCUT2D eigenvalue weighted by atomic mass is 15.3. The highest BCUT2D eigenvalue weighted by Gasteiger charge is 2.07. The Hall–Kier alpha value is -1.31. The molecule has 0 heterocycles. The minimum absolute atomic E-state index is 0.0388. The zero-order valence-corrected chi connectivity index (χ0v) is 10.7. The van der Waals surface area contributed by atoms with Crippen LogP contribution in [0.15, 0.2) is 35.4 Å². The Balaban J connectivity index is 2.62. The molecule has 0 aliphatic carbocycles. The van der Waals surface area contributed by atoms with Gasteiger partial charge in [-0.3, -0.25) is 0 Å². The minimum atomic E-state index is 0.0388. The number of hydrogen-bond acceptors (Lipinski definition) is 2. The average Bonchev–Trinajstić information content (AvgIpc) is 2.24. The van der Waals surface area contributed by atoms with E-state index < -0.39 is 0 Å². The number of nitrogens with zero attached hydrogens (tertiary/aromatic N) is 1. The fraction of sp³-hybridized carbons (Fsp3) is 0.500. The molecule has 1 N–H and O–H groups in total. The Morgan fingerprint density at radius 3 is 2.31 bits per heavy atom. The van der Waals surface area contributed by atoms with E-state index in [1.54, 1.807) is 0 Å². The standard InChI is InChI=1S/C14H22N2/c1-5-13(15-16-14(2,3)4)11-12-9-7-6-8-10-12/h6-10,16H,5,11H2,1-4H3. The molecule has 0 saturated heterocycles. The van der Waals surface area contributed by atoms with Crippen LogP contribution in [0.5, 0.6) is 0 Å². The highest BCUT2D eigenvalue weighted by molar-refractivity contribution is 5.86. The number of hydrogen-bond donors (Lipinski definition) is 1. The quantitative estimate of drug-likeness (QED) is 0.608. The van der Waals surface area contributed by atoms with Crippen molar-refractivity contribution in [2.45, 2.75) is 46.1 Å². The van der Waals surface area contributed by atoms with Crippen LogP contribution in [0, 0.1) is 0 Å². The van der Waals surface area contributed by atoms with Crippen LogP contribution in [-0.2, 0) is 6.42 Å². The molecule has 1 aromatic carbocycles. The van der Waals surface area contributed by atoms with E-state index in [9.17, 15) is 0 Å². The summed E-state index contributed by atoms with van der Waals surface area (Å²) in [7, 11) is 0. The first-order chi connectivity index (χ1) is 7.51. The van der Waals surface area contributed by atoms with E-state index >= 15 is 0 Å². The van der Waals surface area contributed by atoms with Crippen molar-refractivity contribution in [3.63, 3.8) is 0 Å². The monoisotopic (exact) mass is 218 g/mol. The van der Waals surface area contributed by atoms with Crippen molar-refractivity contribution in [2.24, 2.45) is 5.10 Å². The fourth-order valence-corrected chi connectivity index (χ4v) is 1.32. The smallest absolute Gasteiger partial charge is 0.0464 e. The lowest BCUT2D eigenvalue weighted by atomic mass is 10.1. The van der Waals surface area contributed by atoms with Gasteiger partial charge in [0.15, 0.2) is 0 Å². The Morgan fingerprint density at radius 2 is 1.81 bits per heavy atom. The number of nitrogens with one attached hydrogen (secondary N) is 1. The number of hydrazone groups is 1. The summed E-state index contributed by atoms with van der Waals surface area (Å²) in [4.78, 5) is 0. The topological polar surface area (TPSA) is 24.4 Å². The summed E-state index contributed by atoms with van der Waals surface area (Å²) in [5.74, 6) is 0. The normalized spacial score (nSPS) is 12.6. The van der Waals surface area contributed by atoms with Gasteiger partial charge in [0.1, 0.15) is 0 Å². The van der Waals surface area contributed by atoms with Crippen molar-refractivity contribution >= 4 is 5.71 Å². The van der Waals surface area contributed by atoms with Crippen molar-refractivity contribution in [2.75, 3.05) is 0 Å².